The molecule has 1 N–H and O–H groups in total. The number of hydrogen-bond donors (Lipinski definition) is 1. The summed E-state index contributed by atoms with van der Waals surface area (Å²) in [6, 6.07) is 1.14. The van der Waals surface area contributed by atoms with Gasteiger partial charge in [-0.25, -0.2) is 4.79 Å². The van der Waals surface area contributed by atoms with Gasteiger partial charge in [0.1, 0.15) is 0 Å². The lowest BCUT2D eigenvalue weighted by Gasteiger charge is -1.98. The van der Waals surface area contributed by atoms with Crippen LogP contribution in [0.4, 0.5) is 0 Å². The van der Waals surface area contributed by atoms with E-state index in [0.717, 1.165) is 25.5 Å². The summed E-state index contributed by atoms with van der Waals surface area (Å²) in [7, 11) is -0.330. The number of carbonyl (C=O) groups is 1. The fraction of sp³-hybridized carbons (Fsp3) is 0.667. The molecule has 0 fully saturated rings. The lowest BCUT2D eigenvalue weighted by atomic mass is 10.2. The first-order chi connectivity index (χ1) is 6.18. The highest BCUT2D eigenvalue weighted by Crippen LogP contribution is 2.01. The van der Waals surface area contributed by atoms with Crippen molar-refractivity contribution in [3.8, 4) is 0 Å². The van der Waals surface area contributed by atoms with Crippen LogP contribution in [0.2, 0.25) is 6.04 Å². The van der Waals surface area contributed by atoms with Gasteiger partial charge in [0.05, 0.1) is 0 Å². The minimum atomic E-state index is -0.818. The molecule has 0 atom stereocenters. The second kappa shape index (κ2) is 8.01. The third kappa shape index (κ3) is 7.74. The third-order valence-corrected chi connectivity index (χ3v) is 3.22. The summed E-state index contributed by atoms with van der Waals surface area (Å²) >= 11 is 0. The first-order valence-corrected chi connectivity index (χ1v) is 6.24. The maximum atomic E-state index is 10.4. The third-order valence-electron chi connectivity index (χ3n) is 1.73. The highest BCUT2D eigenvalue weighted by molar-refractivity contribution is 6.26. The zero-order chi connectivity index (χ0) is 10.1. The van der Waals surface area contributed by atoms with Crippen molar-refractivity contribution in [3.63, 3.8) is 0 Å². The average Bonchev–Trinajstić information content (AvgIpc) is 2.10. The molecule has 0 aliphatic carbocycles. The van der Waals surface area contributed by atoms with Crippen molar-refractivity contribution in [2.24, 2.45) is 0 Å². The van der Waals surface area contributed by atoms with Crippen LogP contribution in [0.1, 0.15) is 26.7 Å². The Morgan fingerprint density at radius 2 is 2.31 bits per heavy atom. The molecule has 13 heavy (non-hydrogen) atoms. The monoisotopic (exact) mass is 202 g/mol. The van der Waals surface area contributed by atoms with Gasteiger partial charge in [-0.2, -0.15) is 0 Å². The minimum absolute atomic E-state index is 0.330. The van der Waals surface area contributed by atoms with Crippen molar-refractivity contribution < 1.29 is 14.3 Å². The Balaban J connectivity index is 3.34. The quantitative estimate of drug-likeness (QED) is 0.385. The van der Waals surface area contributed by atoms with Gasteiger partial charge in [-0.3, -0.25) is 0 Å². The number of rotatable bonds is 7. The molecule has 3 nitrogen and oxygen atoms in total. The van der Waals surface area contributed by atoms with Crippen molar-refractivity contribution >= 4 is 15.7 Å². The van der Waals surface area contributed by atoms with Gasteiger partial charge in [-0.1, -0.05) is 12.5 Å². The number of aliphatic carboxylic acids is 1. The van der Waals surface area contributed by atoms with Crippen molar-refractivity contribution in [2.45, 2.75) is 32.7 Å². The molecule has 0 rings (SSSR count). The van der Waals surface area contributed by atoms with Crippen LogP contribution >= 0.6 is 0 Å². The van der Waals surface area contributed by atoms with Crippen LogP contribution in [-0.4, -0.2) is 27.4 Å². The predicted octanol–water partition coefficient (Wildman–Crippen LogP) is 1.34. The summed E-state index contributed by atoms with van der Waals surface area (Å²) in [4.78, 5) is 10.4. The van der Waals surface area contributed by atoms with Crippen molar-refractivity contribution in [1.29, 1.82) is 0 Å². The molecule has 0 aromatic carbocycles. The normalized spacial score (nSPS) is 12.6. The lowest BCUT2D eigenvalue weighted by Crippen LogP contribution is -1.98. The van der Waals surface area contributed by atoms with E-state index in [9.17, 15) is 4.79 Å². The second-order valence-corrected chi connectivity index (χ2v) is 4.41. The number of allylic oxidation sites excluding steroid dienone is 1. The molecule has 0 bridgehead atoms. The summed E-state index contributed by atoms with van der Waals surface area (Å²) in [5.41, 5.74) is 0.443. The Labute approximate surface area is 81.7 Å². The molecule has 0 aromatic rings. The van der Waals surface area contributed by atoms with E-state index in [2.05, 4.69) is 0 Å². The van der Waals surface area contributed by atoms with Crippen molar-refractivity contribution in [3.05, 3.63) is 11.6 Å². The molecule has 0 radical (unpaired) electrons. The Kier molecular flexibility index (Phi) is 7.63. The molecule has 0 aliphatic rings. The van der Waals surface area contributed by atoms with E-state index in [-0.39, 0.29) is 9.76 Å². The van der Waals surface area contributed by atoms with Crippen LogP contribution in [0.15, 0.2) is 11.6 Å². The molecule has 0 aromatic heterocycles. The Hall–Kier alpha value is -0.613. The maximum absolute atomic E-state index is 10.4. The van der Waals surface area contributed by atoms with E-state index in [0.29, 0.717) is 5.57 Å². The van der Waals surface area contributed by atoms with Crippen LogP contribution < -0.4 is 0 Å². The van der Waals surface area contributed by atoms with Crippen molar-refractivity contribution in [1.82, 2.24) is 0 Å². The van der Waals surface area contributed by atoms with Crippen LogP contribution in [0.5, 0.6) is 0 Å². The smallest absolute Gasteiger partial charge is 0.330 e. The molecule has 4 heteroatoms. The van der Waals surface area contributed by atoms with Crippen LogP contribution in [0, 0.1) is 0 Å². The van der Waals surface area contributed by atoms with Crippen LogP contribution in [-0.2, 0) is 9.22 Å². The molecular weight excluding hydrogens is 184 g/mol. The maximum Gasteiger partial charge on any atom is 0.330 e. The SMILES string of the molecule is CCO[SiH2]CCCC=C(C)C(=O)O. The molecule has 0 saturated heterocycles. The molecule has 0 unspecified atom stereocenters. The van der Waals surface area contributed by atoms with E-state index < -0.39 is 5.97 Å². The Morgan fingerprint density at radius 1 is 1.62 bits per heavy atom. The van der Waals surface area contributed by atoms with Crippen LogP contribution in [0.25, 0.3) is 0 Å². The summed E-state index contributed by atoms with van der Waals surface area (Å²) in [6.45, 7) is 4.44. The zero-order valence-corrected chi connectivity index (χ0v) is 9.79. The molecule has 0 saturated carbocycles. The fourth-order valence-electron chi connectivity index (χ4n) is 0.899. The van der Waals surface area contributed by atoms with Gasteiger partial charge in [0.25, 0.3) is 0 Å². The first-order valence-electron chi connectivity index (χ1n) is 4.66. The number of hydrogen-bond acceptors (Lipinski definition) is 2. The van der Waals surface area contributed by atoms with E-state index in [4.69, 9.17) is 9.53 Å². The van der Waals surface area contributed by atoms with E-state index in [1.807, 2.05) is 6.92 Å². The number of carboxylic acid groups (broad SMARTS) is 1. The van der Waals surface area contributed by atoms with Gasteiger partial charge >= 0.3 is 5.97 Å². The topological polar surface area (TPSA) is 46.5 Å². The van der Waals surface area contributed by atoms with Gasteiger partial charge < -0.3 is 9.53 Å². The van der Waals surface area contributed by atoms with Gasteiger partial charge in [-0.15, -0.1) is 0 Å². The lowest BCUT2D eigenvalue weighted by molar-refractivity contribution is -0.132. The molecule has 76 valence electrons. The molecule has 0 aliphatic heterocycles. The summed E-state index contributed by atoms with van der Waals surface area (Å²) in [5.74, 6) is -0.818. The molecule has 0 heterocycles. The standard InChI is InChI=1S/C9H18O3Si/c1-3-12-13-7-5-4-6-8(2)9(10)11/h6H,3-5,7,13H2,1-2H3,(H,10,11). The average molecular weight is 202 g/mol. The van der Waals surface area contributed by atoms with Gasteiger partial charge in [0.2, 0.25) is 0 Å². The molecule has 0 spiro atoms. The van der Waals surface area contributed by atoms with Gasteiger partial charge in [0, 0.05) is 12.2 Å². The predicted molar refractivity (Wildman–Crippen MR) is 55.6 cm³/mol. The Morgan fingerprint density at radius 3 is 2.85 bits per heavy atom. The summed E-state index contributed by atoms with van der Waals surface area (Å²) < 4.78 is 5.29. The van der Waals surface area contributed by atoms with Gasteiger partial charge in [0.15, 0.2) is 9.76 Å². The summed E-state index contributed by atoms with van der Waals surface area (Å²) in [5, 5.41) is 8.54. The Bertz CT molecular complexity index is 178. The molecule has 0 amide bonds. The van der Waals surface area contributed by atoms with E-state index in [1.165, 1.54) is 0 Å². The minimum Gasteiger partial charge on any atom is -0.478 e. The van der Waals surface area contributed by atoms with Crippen LogP contribution in [0.3, 0.4) is 0 Å². The highest BCUT2D eigenvalue weighted by atomic mass is 28.2. The fourth-order valence-corrected chi connectivity index (χ4v) is 1.88. The first kappa shape index (κ1) is 12.4. The largest absolute Gasteiger partial charge is 0.478 e. The van der Waals surface area contributed by atoms with Gasteiger partial charge in [-0.05, 0) is 26.3 Å². The zero-order valence-electron chi connectivity index (χ0n) is 8.38. The van der Waals surface area contributed by atoms with Crippen molar-refractivity contribution in [2.75, 3.05) is 6.61 Å². The molecular formula is C9H18O3Si. The summed E-state index contributed by atoms with van der Waals surface area (Å²) in [6.07, 6.45) is 3.69. The second-order valence-electron chi connectivity index (χ2n) is 2.88. The van der Waals surface area contributed by atoms with E-state index >= 15 is 0 Å². The number of unbranched alkanes of at least 4 members (excludes halogenated alkanes) is 1. The van der Waals surface area contributed by atoms with E-state index in [1.54, 1.807) is 13.0 Å². The highest BCUT2D eigenvalue weighted by Gasteiger charge is 1.97. The number of carboxylic acids is 1.